The van der Waals surface area contributed by atoms with Crippen molar-refractivity contribution in [1.82, 2.24) is 10.6 Å². The van der Waals surface area contributed by atoms with Crippen LogP contribution < -0.4 is 10.6 Å². The van der Waals surface area contributed by atoms with Crippen LogP contribution in [-0.2, 0) is 21.2 Å². The van der Waals surface area contributed by atoms with Crippen LogP contribution in [0.2, 0.25) is 0 Å². The SMILES string of the molecule is CC(C)CNC(=O)C(C)NCc1ccc(S(C)(=O)=O)cc1. The van der Waals surface area contributed by atoms with Crippen molar-refractivity contribution in [3.63, 3.8) is 0 Å². The van der Waals surface area contributed by atoms with Gasteiger partial charge < -0.3 is 10.6 Å². The summed E-state index contributed by atoms with van der Waals surface area (Å²) in [5.74, 6) is 0.390. The standard InChI is InChI=1S/C15H24N2O3S/c1-11(2)9-17-15(18)12(3)16-10-13-5-7-14(8-6-13)21(4,19)20/h5-8,11-12,16H,9-10H2,1-4H3,(H,17,18). The number of benzene rings is 1. The van der Waals surface area contributed by atoms with Gasteiger partial charge in [0.05, 0.1) is 10.9 Å². The average molecular weight is 312 g/mol. The van der Waals surface area contributed by atoms with Crippen LogP contribution >= 0.6 is 0 Å². The smallest absolute Gasteiger partial charge is 0.236 e. The highest BCUT2D eigenvalue weighted by Crippen LogP contribution is 2.10. The van der Waals surface area contributed by atoms with Crippen LogP contribution in [0.25, 0.3) is 0 Å². The predicted molar refractivity (Wildman–Crippen MR) is 83.7 cm³/mol. The minimum atomic E-state index is -3.16. The molecule has 1 amide bonds. The third kappa shape index (κ3) is 6.27. The van der Waals surface area contributed by atoms with Gasteiger partial charge in [-0.05, 0) is 30.5 Å². The number of hydrogen-bond acceptors (Lipinski definition) is 4. The fourth-order valence-electron chi connectivity index (χ4n) is 1.68. The van der Waals surface area contributed by atoms with Gasteiger partial charge in [0.15, 0.2) is 9.84 Å². The summed E-state index contributed by atoms with van der Waals surface area (Å²) in [5.41, 5.74) is 0.936. The summed E-state index contributed by atoms with van der Waals surface area (Å²) in [5, 5.41) is 5.99. The highest BCUT2D eigenvalue weighted by atomic mass is 32.2. The van der Waals surface area contributed by atoms with Crippen LogP contribution in [0.1, 0.15) is 26.3 Å². The Hall–Kier alpha value is -1.40. The zero-order valence-electron chi connectivity index (χ0n) is 13.0. The average Bonchev–Trinajstić information content (AvgIpc) is 2.41. The predicted octanol–water partition coefficient (Wildman–Crippen LogP) is 1.34. The van der Waals surface area contributed by atoms with Crippen LogP contribution in [0.5, 0.6) is 0 Å². The van der Waals surface area contributed by atoms with Crippen molar-refractivity contribution < 1.29 is 13.2 Å². The fraction of sp³-hybridized carbons (Fsp3) is 0.533. The molecule has 0 bridgehead atoms. The van der Waals surface area contributed by atoms with E-state index in [0.29, 0.717) is 23.9 Å². The molecule has 21 heavy (non-hydrogen) atoms. The summed E-state index contributed by atoms with van der Waals surface area (Å²) in [6.45, 7) is 7.07. The van der Waals surface area contributed by atoms with Gasteiger partial charge in [-0.1, -0.05) is 26.0 Å². The zero-order valence-corrected chi connectivity index (χ0v) is 13.8. The molecule has 1 aromatic carbocycles. The van der Waals surface area contributed by atoms with Crippen molar-refractivity contribution in [2.45, 2.75) is 38.3 Å². The molecule has 0 aliphatic heterocycles. The van der Waals surface area contributed by atoms with Crippen LogP contribution in [0.4, 0.5) is 0 Å². The summed E-state index contributed by atoms with van der Waals surface area (Å²) < 4.78 is 22.7. The molecule has 6 heteroatoms. The molecule has 0 saturated heterocycles. The van der Waals surface area contributed by atoms with Crippen molar-refractivity contribution in [1.29, 1.82) is 0 Å². The zero-order chi connectivity index (χ0) is 16.0. The maximum absolute atomic E-state index is 11.8. The molecule has 0 fully saturated rings. The summed E-state index contributed by atoms with van der Waals surface area (Å²) >= 11 is 0. The first-order valence-corrected chi connectivity index (χ1v) is 8.89. The summed E-state index contributed by atoms with van der Waals surface area (Å²) in [7, 11) is -3.16. The monoisotopic (exact) mass is 312 g/mol. The van der Waals surface area contributed by atoms with Crippen LogP contribution in [0.3, 0.4) is 0 Å². The van der Waals surface area contributed by atoms with Gasteiger partial charge in [0.1, 0.15) is 0 Å². The molecular weight excluding hydrogens is 288 g/mol. The number of carbonyl (C=O) groups excluding carboxylic acids is 1. The third-order valence-electron chi connectivity index (χ3n) is 3.04. The molecule has 118 valence electrons. The van der Waals surface area contributed by atoms with Gasteiger partial charge in [-0.3, -0.25) is 4.79 Å². The number of sulfone groups is 1. The third-order valence-corrected chi connectivity index (χ3v) is 4.17. The van der Waals surface area contributed by atoms with Crippen molar-refractivity contribution in [2.75, 3.05) is 12.8 Å². The lowest BCUT2D eigenvalue weighted by atomic mass is 10.2. The molecule has 0 radical (unpaired) electrons. The summed E-state index contributed by atoms with van der Waals surface area (Å²) in [4.78, 5) is 12.1. The molecule has 1 atom stereocenters. The largest absolute Gasteiger partial charge is 0.354 e. The van der Waals surface area contributed by atoms with Gasteiger partial charge in [0.2, 0.25) is 5.91 Å². The molecule has 1 rings (SSSR count). The molecule has 0 heterocycles. The summed E-state index contributed by atoms with van der Waals surface area (Å²) in [6.07, 6.45) is 1.18. The lowest BCUT2D eigenvalue weighted by Gasteiger charge is -2.15. The molecule has 0 aliphatic rings. The van der Waals surface area contributed by atoms with E-state index in [2.05, 4.69) is 10.6 Å². The maximum atomic E-state index is 11.8. The van der Waals surface area contributed by atoms with Crippen molar-refractivity contribution in [2.24, 2.45) is 5.92 Å². The van der Waals surface area contributed by atoms with Crippen LogP contribution in [0.15, 0.2) is 29.2 Å². The molecular formula is C15H24N2O3S. The van der Waals surface area contributed by atoms with E-state index in [1.165, 1.54) is 6.26 Å². The lowest BCUT2D eigenvalue weighted by Crippen LogP contribution is -2.42. The van der Waals surface area contributed by atoms with E-state index < -0.39 is 9.84 Å². The Morgan fingerprint density at radius 3 is 2.19 bits per heavy atom. The topological polar surface area (TPSA) is 75.3 Å². The molecule has 1 aromatic rings. The first-order valence-electron chi connectivity index (χ1n) is 7.00. The molecule has 0 aliphatic carbocycles. The van der Waals surface area contributed by atoms with Gasteiger partial charge in [0.25, 0.3) is 0 Å². The first kappa shape index (κ1) is 17.7. The fourth-order valence-corrected chi connectivity index (χ4v) is 2.31. The second kappa shape index (κ2) is 7.56. The lowest BCUT2D eigenvalue weighted by molar-refractivity contribution is -0.122. The van der Waals surface area contributed by atoms with E-state index in [9.17, 15) is 13.2 Å². The molecule has 0 saturated carbocycles. The Morgan fingerprint density at radius 2 is 1.71 bits per heavy atom. The summed E-state index contributed by atoms with van der Waals surface area (Å²) in [6, 6.07) is 6.37. The Balaban J connectivity index is 2.50. The van der Waals surface area contributed by atoms with Crippen molar-refractivity contribution >= 4 is 15.7 Å². The molecule has 5 nitrogen and oxygen atoms in total. The number of rotatable bonds is 7. The van der Waals surface area contributed by atoms with E-state index in [0.717, 1.165) is 5.56 Å². The van der Waals surface area contributed by atoms with E-state index in [4.69, 9.17) is 0 Å². The van der Waals surface area contributed by atoms with E-state index in [1.54, 1.807) is 31.2 Å². The molecule has 1 unspecified atom stereocenters. The maximum Gasteiger partial charge on any atom is 0.236 e. The van der Waals surface area contributed by atoms with E-state index in [1.807, 2.05) is 13.8 Å². The minimum Gasteiger partial charge on any atom is -0.354 e. The first-order chi connectivity index (χ1) is 9.70. The van der Waals surface area contributed by atoms with E-state index in [-0.39, 0.29) is 11.9 Å². The second-order valence-corrected chi connectivity index (χ2v) is 7.67. The van der Waals surface area contributed by atoms with Crippen molar-refractivity contribution in [3.8, 4) is 0 Å². The van der Waals surface area contributed by atoms with E-state index >= 15 is 0 Å². The van der Waals surface area contributed by atoms with Crippen LogP contribution in [0, 0.1) is 5.92 Å². The van der Waals surface area contributed by atoms with Crippen molar-refractivity contribution in [3.05, 3.63) is 29.8 Å². The normalized spacial score (nSPS) is 13.2. The second-order valence-electron chi connectivity index (χ2n) is 5.66. The highest BCUT2D eigenvalue weighted by Gasteiger charge is 2.12. The van der Waals surface area contributed by atoms with Gasteiger partial charge in [0, 0.05) is 19.3 Å². The Labute approximate surface area is 127 Å². The van der Waals surface area contributed by atoms with Gasteiger partial charge >= 0.3 is 0 Å². The number of hydrogen-bond donors (Lipinski definition) is 2. The Morgan fingerprint density at radius 1 is 1.14 bits per heavy atom. The molecule has 2 N–H and O–H groups in total. The van der Waals surface area contributed by atoms with Crippen LogP contribution in [-0.4, -0.2) is 33.2 Å². The molecule has 0 aromatic heterocycles. The Kier molecular flexibility index (Phi) is 6.36. The van der Waals surface area contributed by atoms with Gasteiger partial charge in [-0.2, -0.15) is 0 Å². The molecule has 0 spiro atoms. The number of nitrogens with one attached hydrogen (secondary N) is 2. The van der Waals surface area contributed by atoms with Gasteiger partial charge in [-0.15, -0.1) is 0 Å². The number of amides is 1. The minimum absolute atomic E-state index is 0.0311. The Bertz CT molecular complexity index is 565. The highest BCUT2D eigenvalue weighted by molar-refractivity contribution is 7.90. The quantitative estimate of drug-likeness (QED) is 0.797. The van der Waals surface area contributed by atoms with Gasteiger partial charge in [-0.25, -0.2) is 8.42 Å². The number of carbonyl (C=O) groups is 1.